The van der Waals surface area contributed by atoms with Crippen LogP contribution in [0.25, 0.3) is 11.0 Å². The number of carbonyl (C=O) groups excluding carboxylic acids is 1. The molecule has 1 amide bonds. The first-order valence-electron chi connectivity index (χ1n) is 11.8. The van der Waals surface area contributed by atoms with Crippen LogP contribution in [0.2, 0.25) is 0 Å². The Kier molecular flexibility index (Phi) is 7.03. The molecule has 0 aliphatic carbocycles. The molecule has 0 aliphatic rings. The summed E-state index contributed by atoms with van der Waals surface area (Å²) in [6.45, 7) is 0.140. The average Bonchev–Trinajstić information content (AvgIpc) is 3.40. The summed E-state index contributed by atoms with van der Waals surface area (Å²) in [5.74, 6) is -0.527. The molecule has 0 spiro atoms. The van der Waals surface area contributed by atoms with Crippen molar-refractivity contribution in [3.63, 3.8) is 0 Å². The highest BCUT2D eigenvalue weighted by molar-refractivity contribution is 7.90. The minimum atomic E-state index is -4.50. The quantitative estimate of drug-likeness (QED) is 0.147. The Labute approximate surface area is 227 Å². The van der Waals surface area contributed by atoms with Gasteiger partial charge in [-0.2, -0.15) is 0 Å². The summed E-state index contributed by atoms with van der Waals surface area (Å²) in [4.78, 5) is 30.7. The third-order valence-corrected chi connectivity index (χ3v) is 7.16. The van der Waals surface area contributed by atoms with Gasteiger partial charge < -0.3 is 20.1 Å². The van der Waals surface area contributed by atoms with Crippen molar-refractivity contribution in [2.45, 2.75) is 11.4 Å². The van der Waals surface area contributed by atoms with E-state index in [0.29, 0.717) is 17.0 Å². The van der Waals surface area contributed by atoms with Crippen LogP contribution in [-0.2, 0) is 16.6 Å². The number of fused-ring (bicyclic) bond motifs is 1. The number of rotatable bonds is 9. The number of hydrogen-bond donors (Lipinski definition) is 4. The fourth-order valence-electron chi connectivity index (χ4n) is 3.92. The minimum absolute atomic E-state index is 0.0383. The van der Waals surface area contributed by atoms with Gasteiger partial charge in [0.05, 0.1) is 21.6 Å². The van der Waals surface area contributed by atoms with Crippen LogP contribution in [0.15, 0.2) is 96.2 Å². The number of nitrogens with zero attached hydrogens (tertiary/aromatic N) is 2. The highest BCUT2D eigenvalue weighted by Crippen LogP contribution is 2.30. The van der Waals surface area contributed by atoms with Crippen LogP contribution in [-0.4, -0.2) is 34.3 Å². The lowest BCUT2D eigenvalue weighted by atomic mass is 10.2. The third-order valence-electron chi connectivity index (χ3n) is 5.83. The minimum Gasteiger partial charge on any atom is -0.508 e. The summed E-state index contributed by atoms with van der Waals surface area (Å²) in [7, 11) is -4.50. The van der Waals surface area contributed by atoms with Gasteiger partial charge in [-0.05, 0) is 54.1 Å². The van der Waals surface area contributed by atoms with Crippen LogP contribution in [0.4, 0.5) is 11.4 Å². The van der Waals surface area contributed by atoms with Gasteiger partial charge in [-0.15, -0.1) is 0 Å². The van der Waals surface area contributed by atoms with Crippen molar-refractivity contribution in [2.75, 3.05) is 5.32 Å². The lowest BCUT2D eigenvalue weighted by Gasteiger charge is -2.13. The number of benzene rings is 3. The number of aromatic hydroxyl groups is 1. The Bertz CT molecular complexity index is 1850. The second kappa shape index (κ2) is 10.7. The number of para-hydroxylation sites is 1. The molecule has 0 saturated heterocycles. The SMILES string of the molecule is O=C(NS(=O)(=O)c1ccc(NCc2cccc(O)c2)c([N+](=O)[O-])c1)c1ccccc1Oc1cnc2[nH]ccc2c1. The van der Waals surface area contributed by atoms with Gasteiger partial charge in [-0.1, -0.05) is 24.3 Å². The number of amides is 1. The maximum Gasteiger partial charge on any atom is 0.293 e. The molecule has 0 radical (unpaired) electrons. The molecule has 0 unspecified atom stereocenters. The van der Waals surface area contributed by atoms with E-state index < -0.39 is 31.4 Å². The molecular weight excluding hydrogens is 538 g/mol. The smallest absolute Gasteiger partial charge is 0.293 e. The van der Waals surface area contributed by atoms with Gasteiger partial charge in [-0.25, -0.2) is 18.1 Å². The van der Waals surface area contributed by atoms with Gasteiger partial charge in [0, 0.05) is 24.2 Å². The number of sulfonamides is 1. The molecule has 0 bridgehead atoms. The first kappa shape index (κ1) is 26.2. The number of nitro groups is 1. The van der Waals surface area contributed by atoms with Crippen LogP contribution < -0.4 is 14.8 Å². The molecular formula is C27H21N5O7S. The van der Waals surface area contributed by atoms with E-state index in [0.717, 1.165) is 17.5 Å². The predicted molar refractivity (Wildman–Crippen MR) is 146 cm³/mol. The molecule has 0 saturated carbocycles. The summed E-state index contributed by atoms with van der Waals surface area (Å²) in [6, 6.07) is 19.1. The topological polar surface area (TPSA) is 177 Å². The van der Waals surface area contributed by atoms with Crippen LogP contribution in [0.5, 0.6) is 17.2 Å². The first-order chi connectivity index (χ1) is 19.2. The molecule has 12 nitrogen and oxygen atoms in total. The van der Waals surface area contributed by atoms with E-state index in [4.69, 9.17) is 4.74 Å². The van der Waals surface area contributed by atoms with Gasteiger partial charge in [0.2, 0.25) is 0 Å². The van der Waals surface area contributed by atoms with E-state index in [1.165, 1.54) is 36.5 Å². The number of phenols is 1. The van der Waals surface area contributed by atoms with Crippen molar-refractivity contribution < 1.29 is 28.0 Å². The van der Waals surface area contributed by atoms with E-state index >= 15 is 0 Å². The summed E-state index contributed by atoms with van der Waals surface area (Å²) in [5, 5.41) is 25.0. The van der Waals surface area contributed by atoms with Crippen LogP contribution >= 0.6 is 0 Å². The summed E-state index contributed by atoms with van der Waals surface area (Å²) in [6.07, 6.45) is 3.18. The number of phenolic OH excluding ortho intramolecular Hbond substituents is 1. The normalized spacial score (nSPS) is 11.2. The van der Waals surface area contributed by atoms with Gasteiger partial charge >= 0.3 is 0 Å². The zero-order valence-electron chi connectivity index (χ0n) is 20.6. The Hall–Kier alpha value is -5.43. The van der Waals surface area contributed by atoms with Gasteiger partial charge in [0.1, 0.15) is 28.6 Å². The molecule has 0 fully saturated rings. The molecule has 3 aromatic carbocycles. The first-order valence-corrected chi connectivity index (χ1v) is 13.3. The van der Waals surface area contributed by atoms with Crippen LogP contribution in [0, 0.1) is 10.1 Å². The number of anilines is 1. The molecule has 40 heavy (non-hydrogen) atoms. The number of H-pyrrole nitrogens is 1. The molecule has 202 valence electrons. The molecule has 0 atom stereocenters. The predicted octanol–water partition coefficient (Wildman–Crippen LogP) is 4.70. The number of nitro benzene ring substituents is 1. The fourth-order valence-corrected chi connectivity index (χ4v) is 4.91. The summed E-state index contributed by atoms with van der Waals surface area (Å²) in [5.41, 5.74) is 0.790. The zero-order chi connectivity index (χ0) is 28.3. The number of hydrogen-bond acceptors (Lipinski definition) is 9. The molecule has 2 aromatic heterocycles. The van der Waals surface area contributed by atoms with Gasteiger partial charge in [0.25, 0.3) is 21.6 Å². The largest absolute Gasteiger partial charge is 0.508 e. The van der Waals surface area contributed by atoms with Crippen LogP contribution in [0.3, 0.4) is 0 Å². The standard InChI is InChI=1S/C27H21N5O7S/c33-19-5-3-4-17(12-19)15-29-23-9-8-21(14-24(23)32(35)36)40(37,38)31-27(34)22-6-1-2-7-25(22)39-20-13-18-10-11-28-26(18)30-16-20/h1-14,16,29,33H,15H2,(H,28,30)(H,31,34). The second-order valence-electron chi connectivity index (χ2n) is 8.58. The van der Waals surface area contributed by atoms with E-state index in [1.807, 2.05) is 4.72 Å². The molecule has 5 rings (SSSR count). The molecule has 0 aliphatic heterocycles. The highest BCUT2D eigenvalue weighted by atomic mass is 32.2. The number of nitrogens with one attached hydrogen (secondary N) is 3. The number of pyridine rings is 1. The van der Waals surface area contributed by atoms with Crippen molar-refractivity contribution in [1.82, 2.24) is 14.7 Å². The maximum atomic E-state index is 13.0. The van der Waals surface area contributed by atoms with Crippen molar-refractivity contribution in [3.8, 4) is 17.2 Å². The van der Waals surface area contributed by atoms with Crippen molar-refractivity contribution in [1.29, 1.82) is 0 Å². The summed E-state index contributed by atoms with van der Waals surface area (Å²) >= 11 is 0. The number of aromatic nitrogens is 2. The van der Waals surface area contributed by atoms with E-state index in [1.54, 1.807) is 42.6 Å². The maximum absolute atomic E-state index is 13.0. The number of aromatic amines is 1. The highest BCUT2D eigenvalue weighted by Gasteiger charge is 2.25. The van der Waals surface area contributed by atoms with Gasteiger partial charge in [0.15, 0.2) is 0 Å². The number of carbonyl (C=O) groups is 1. The third kappa shape index (κ3) is 5.68. The van der Waals surface area contributed by atoms with Crippen LogP contribution in [0.1, 0.15) is 15.9 Å². The lowest BCUT2D eigenvalue weighted by Crippen LogP contribution is -2.30. The second-order valence-corrected chi connectivity index (χ2v) is 10.3. The number of ether oxygens (including phenoxy) is 1. The molecule has 4 N–H and O–H groups in total. The van der Waals surface area contributed by atoms with E-state index in [-0.39, 0.29) is 29.3 Å². The summed E-state index contributed by atoms with van der Waals surface area (Å²) < 4.78 is 33.9. The monoisotopic (exact) mass is 559 g/mol. The Morgan fingerprint density at radius 3 is 2.67 bits per heavy atom. The molecule has 13 heteroatoms. The van der Waals surface area contributed by atoms with Crippen molar-refractivity contribution >= 4 is 38.3 Å². The molecule has 2 heterocycles. The Morgan fingerprint density at radius 2 is 1.88 bits per heavy atom. The fraction of sp³-hybridized carbons (Fsp3) is 0.0370. The lowest BCUT2D eigenvalue weighted by molar-refractivity contribution is -0.384. The van der Waals surface area contributed by atoms with Crippen molar-refractivity contribution in [2.24, 2.45) is 0 Å². The van der Waals surface area contributed by atoms with Crippen molar-refractivity contribution in [3.05, 3.63) is 112 Å². The zero-order valence-corrected chi connectivity index (χ0v) is 21.4. The molecule has 5 aromatic rings. The van der Waals surface area contributed by atoms with E-state index in [9.17, 15) is 28.4 Å². The van der Waals surface area contributed by atoms with Gasteiger partial charge in [-0.3, -0.25) is 14.9 Å². The Balaban J connectivity index is 1.35. The van der Waals surface area contributed by atoms with E-state index in [2.05, 4.69) is 15.3 Å². The average molecular weight is 560 g/mol. The Morgan fingerprint density at radius 1 is 1.05 bits per heavy atom.